The van der Waals surface area contributed by atoms with Gasteiger partial charge in [0.2, 0.25) is 0 Å². The molecular formula is C22H29NO4. The van der Waals surface area contributed by atoms with Crippen molar-refractivity contribution < 1.29 is 57.9 Å². The van der Waals surface area contributed by atoms with Crippen molar-refractivity contribution >= 4 is 12.5 Å². The molecule has 0 bridgehead atoms. The van der Waals surface area contributed by atoms with Crippen LogP contribution in [0.25, 0.3) is 0 Å². The van der Waals surface area contributed by atoms with Crippen LogP contribution < -0.4 is 9.47 Å². The van der Waals surface area contributed by atoms with Crippen LogP contribution in [0.15, 0.2) is 53.5 Å². The molecular weight excluding hydrogens is 342 g/mol. The Morgan fingerprint density at radius 2 is 1.48 bits per heavy atom. The monoisotopic (exact) mass is 399 g/mol. The number of oxime groups is 1. The van der Waals surface area contributed by atoms with E-state index < -0.39 is 136 Å². The highest BCUT2D eigenvalue weighted by molar-refractivity contribution is 5.79. The first-order valence-electron chi connectivity index (χ1n) is 20.4. The summed E-state index contributed by atoms with van der Waals surface area (Å²) >= 11 is 0. The second-order valence-electron chi connectivity index (χ2n) is 3.88. The second kappa shape index (κ2) is 12.5. The SMILES string of the molecule is [2H]/C(=N\O)c1c([2H])c([2H])c(OC([2H])([2H])C([2H])(C([2H])([2H])[2H])C([2H])([2H])[2H])c([2H])c1[2H].[2H]C(=O)c1c([2H])c([2H])c(OC([2H])([2H])C([2H])(C([2H])([2H])[2H])C([2H])([2H])[2H])c([2H])c1[2H]. The number of carbonyl (C=O) groups excluding carboxylic acids is 1. The number of aldehydes is 1. The quantitative estimate of drug-likeness (QED) is 0.291. The topological polar surface area (TPSA) is 68.1 Å². The van der Waals surface area contributed by atoms with Crippen LogP contribution in [0, 0.1) is 11.8 Å². The van der Waals surface area contributed by atoms with Gasteiger partial charge in [-0.25, -0.2) is 0 Å². The minimum atomic E-state index is -3.85. The van der Waals surface area contributed by atoms with Crippen LogP contribution in [0.2, 0.25) is 0 Å². The Bertz CT molecular complexity index is 1740. The molecule has 0 aliphatic rings. The molecule has 1 N–H and O–H groups in total. The van der Waals surface area contributed by atoms with Gasteiger partial charge in [-0.2, -0.15) is 0 Å². The molecule has 0 amide bonds. The molecule has 2 rings (SSSR count). The molecule has 146 valence electrons. The highest BCUT2D eigenvalue weighted by Crippen LogP contribution is 2.13. The van der Waals surface area contributed by atoms with E-state index in [9.17, 15) is 4.79 Å². The molecule has 2 aromatic rings. The number of hydrogen-bond donors (Lipinski definition) is 1. The molecule has 0 spiro atoms. The average Bonchev–Trinajstić information content (AvgIpc) is 3.00. The van der Waals surface area contributed by atoms with Gasteiger partial charge >= 0.3 is 0 Å². The average molecular weight is 400 g/mol. The minimum Gasteiger partial charge on any atom is -0.493 e. The minimum absolute atomic E-state index is 0.755. The lowest BCUT2D eigenvalue weighted by atomic mass is 10.2. The molecule has 0 aromatic heterocycles. The Morgan fingerprint density at radius 3 is 1.85 bits per heavy atom. The number of nitrogens with zero attached hydrogens (tertiary/aromatic N) is 1. The highest BCUT2D eigenvalue weighted by Gasteiger charge is 1.97. The number of ether oxygens (including phenoxy) is 2. The molecule has 5 heteroatoms. The van der Waals surface area contributed by atoms with Crippen molar-refractivity contribution in [2.45, 2.75) is 27.4 Å². The van der Waals surface area contributed by atoms with Crippen molar-refractivity contribution in [3.63, 3.8) is 0 Å². The summed E-state index contributed by atoms with van der Waals surface area (Å²) in [6.07, 6.45) is -2.59. The molecule has 0 saturated heterocycles. The van der Waals surface area contributed by atoms with Gasteiger partial charge in [0.15, 0.2) is 0 Å². The lowest BCUT2D eigenvalue weighted by molar-refractivity contribution is 0.112. The Hall–Kier alpha value is -2.82. The summed E-state index contributed by atoms with van der Waals surface area (Å²) in [7, 11) is 0. The largest absolute Gasteiger partial charge is 0.493 e. The number of rotatable bonds is 8. The summed E-state index contributed by atoms with van der Waals surface area (Å²) in [4.78, 5) is 11.2. The van der Waals surface area contributed by atoms with Crippen LogP contribution in [0.3, 0.4) is 0 Å². The van der Waals surface area contributed by atoms with Crippen molar-refractivity contribution in [3.05, 3.63) is 59.5 Å². The standard InChI is InChI=1S/C11H15NO2.C11H14O2/c1-9(2)8-14-11-5-3-10(4-6-11)7-12-13;1-9(2)8-13-11-5-3-10(7-12)4-6-11/h3-7,9,13H,8H2,1-2H3;3-7,9H,8H2,1-2H3/b12-7+;/i2*1D3,2D3,3D,4D,5D,6D,7D,8D2,9D. The van der Waals surface area contributed by atoms with E-state index in [0.717, 1.165) is 0 Å². The molecule has 0 aliphatic heterocycles. The normalized spacial score (nSPS) is 29.7. The van der Waals surface area contributed by atoms with E-state index in [1.165, 1.54) is 0 Å². The molecule has 0 atom stereocenters. The van der Waals surface area contributed by atoms with Gasteiger partial charge in [-0.15, -0.1) is 0 Å². The van der Waals surface area contributed by atoms with E-state index >= 15 is 0 Å². The van der Waals surface area contributed by atoms with Gasteiger partial charge in [0.05, 0.1) is 37.1 Å². The first-order chi connectivity index (χ1) is 24.2. The van der Waals surface area contributed by atoms with Crippen LogP contribution in [0.5, 0.6) is 11.5 Å². The Morgan fingerprint density at radius 1 is 1.04 bits per heavy atom. The van der Waals surface area contributed by atoms with Crippen molar-refractivity contribution in [3.8, 4) is 11.5 Å². The molecule has 0 fully saturated rings. The van der Waals surface area contributed by atoms with Crippen molar-refractivity contribution in [2.75, 3.05) is 13.1 Å². The molecule has 5 nitrogen and oxygen atoms in total. The van der Waals surface area contributed by atoms with Gasteiger partial charge < -0.3 is 14.7 Å². The smallest absolute Gasteiger partial charge is 0.150 e. The zero-order chi connectivity index (χ0) is 44.2. The van der Waals surface area contributed by atoms with E-state index in [4.69, 9.17) is 43.6 Å². The van der Waals surface area contributed by atoms with Crippen LogP contribution in [-0.4, -0.2) is 30.8 Å². The van der Waals surface area contributed by atoms with Gasteiger partial charge in [-0.05, 0) is 65.7 Å². The fourth-order valence-corrected chi connectivity index (χ4v) is 1.07. The van der Waals surface area contributed by atoms with Crippen LogP contribution in [-0.2, 0) is 0 Å². The van der Waals surface area contributed by atoms with Gasteiger partial charge in [0, 0.05) is 24.8 Å². The zero-order valence-corrected chi connectivity index (χ0v) is 13.1. The summed E-state index contributed by atoms with van der Waals surface area (Å²) in [6.45, 7) is -22.5. The third-order valence-electron chi connectivity index (χ3n) is 1.98. The Kier molecular flexibility index (Phi) is 2.21. The summed E-state index contributed by atoms with van der Waals surface area (Å²) in [6, 6.07) is -8.51. The molecule has 0 radical (unpaired) electrons. The second-order valence-corrected chi connectivity index (χ2v) is 3.88. The first kappa shape index (κ1) is 4.77. The van der Waals surface area contributed by atoms with E-state index in [-0.39, 0.29) is 0 Å². The lowest BCUT2D eigenvalue weighted by Gasteiger charge is -2.08. The van der Waals surface area contributed by atoms with Gasteiger partial charge in [0.25, 0.3) is 0 Å². The summed E-state index contributed by atoms with van der Waals surface area (Å²) in [5.41, 5.74) is -1.68. The van der Waals surface area contributed by atoms with Crippen molar-refractivity contribution in [2.24, 2.45) is 16.9 Å². The van der Waals surface area contributed by atoms with E-state index in [1.54, 1.807) is 0 Å². The Labute approximate surface area is 201 Å². The molecule has 0 unspecified atom stereocenters. The van der Waals surface area contributed by atoms with Crippen LogP contribution in [0.1, 0.15) is 81.7 Å². The van der Waals surface area contributed by atoms with E-state index in [1.807, 2.05) is 0 Å². The number of carbonyl (C=O) groups is 1. The van der Waals surface area contributed by atoms with Crippen molar-refractivity contribution in [1.29, 1.82) is 0 Å². The van der Waals surface area contributed by atoms with Crippen LogP contribution >= 0.6 is 0 Å². The maximum Gasteiger partial charge on any atom is 0.150 e. The predicted molar refractivity (Wildman–Crippen MR) is 108 cm³/mol. The maximum atomic E-state index is 11.2. The molecule has 0 aliphatic carbocycles. The summed E-state index contributed by atoms with van der Waals surface area (Å²) in [5.74, 6) is -10.0. The third kappa shape index (κ3) is 10.0. The van der Waals surface area contributed by atoms with Crippen molar-refractivity contribution in [1.82, 2.24) is 0 Å². The van der Waals surface area contributed by atoms with E-state index in [0.29, 0.717) is 0 Å². The number of hydrogen-bond acceptors (Lipinski definition) is 5. The fraction of sp³-hybridized carbons (Fsp3) is 0.364. The molecule has 0 heterocycles. The molecule has 0 saturated carbocycles. The lowest BCUT2D eigenvalue weighted by Crippen LogP contribution is -2.04. The Balaban J connectivity index is 0.000000550. The maximum absolute atomic E-state index is 11.2. The van der Waals surface area contributed by atoms with Crippen LogP contribution in [0.4, 0.5) is 0 Å². The van der Waals surface area contributed by atoms with Gasteiger partial charge in [-0.1, -0.05) is 32.6 Å². The number of benzene rings is 2. The fourth-order valence-electron chi connectivity index (χ4n) is 1.07. The van der Waals surface area contributed by atoms with Gasteiger partial charge in [-0.3, -0.25) is 4.79 Å². The third-order valence-corrected chi connectivity index (χ3v) is 1.98. The predicted octanol–water partition coefficient (Wildman–Crippen LogP) is 5.06. The zero-order valence-electron chi connectivity index (χ0n) is 41.1. The molecule has 2 aromatic carbocycles. The first-order valence-corrected chi connectivity index (χ1v) is 6.44. The molecule has 27 heavy (non-hydrogen) atoms. The highest BCUT2D eigenvalue weighted by atomic mass is 16.5. The van der Waals surface area contributed by atoms with E-state index in [2.05, 4.69) is 14.6 Å². The van der Waals surface area contributed by atoms with Gasteiger partial charge in [0.1, 0.15) is 19.1 Å². The summed E-state index contributed by atoms with van der Waals surface area (Å²) < 4.78 is 219. The summed E-state index contributed by atoms with van der Waals surface area (Å²) in [5, 5.41) is 11.1.